The lowest BCUT2D eigenvalue weighted by Gasteiger charge is -2.16. The van der Waals surface area contributed by atoms with Gasteiger partial charge >= 0.3 is 5.97 Å². The van der Waals surface area contributed by atoms with Crippen molar-refractivity contribution in [3.8, 4) is 6.01 Å². The lowest BCUT2D eigenvalue weighted by molar-refractivity contribution is 0.00816. The lowest BCUT2D eigenvalue weighted by Crippen LogP contribution is -2.21. The largest absolute Gasteiger partial charge is 0.468 e. The van der Waals surface area contributed by atoms with Crippen LogP contribution in [-0.2, 0) is 10.3 Å². The van der Waals surface area contributed by atoms with Crippen LogP contribution in [0.15, 0.2) is 4.79 Å². The first kappa shape index (κ1) is 9.70. The van der Waals surface area contributed by atoms with Crippen LogP contribution in [-0.4, -0.2) is 23.0 Å². The van der Waals surface area contributed by atoms with Crippen molar-refractivity contribution in [1.29, 1.82) is 0 Å². The molecular weight excluding hydrogens is 200 g/mol. The molecule has 1 aliphatic rings. The number of esters is 1. The Hall–Kier alpha value is -1.85. The first-order chi connectivity index (χ1) is 6.95. The minimum atomic E-state index is -0.881. The molecule has 0 atom stereocenters. The number of H-pyrrole nitrogens is 1. The molecule has 0 amide bonds. The molecular formula is C9H10N2O4. The normalized spacial score (nSPS) is 17.1. The van der Waals surface area contributed by atoms with E-state index < -0.39 is 17.1 Å². The van der Waals surface area contributed by atoms with Crippen molar-refractivity contribution in [2.75, 3.05) is 7.11 Å². The maximum absolute atomic E-state index is 11.5. The van der Waals surface area contributed by atoms with Gasteiger partial charge in [0, 0.05) is 0 Å². The van der Waals surface area contributed by atoms with E-state index in [9.17, 15) is 9.59 Å². The smallest absolute Gasteiger partial charge is 0.346 e. The van der Waals surface area contributed by atoms with Gasteiger partial charge in [-0.25, -0.2) is 4.79 Å². The van der Waals surface area contributed by atoms with Crippen LogP contribution >= 0.6 is 0 Å². The van der Waals surface area contributed by atoms with Crippen molar-refractivity contribution >= 4 is 5.97 Å². The van der Waals surface area contributed by atoms with Crippen LogP contribution in [0.1, 0.15) is 29.9 Å². The number of methoxy groups -OCH3 is 1. The summed E-state index contributed by atoms with van der Waals surface area (Å²) in [6.45, 7) is 3.34. The fraction of sp³-hybridized carbons (Fsp3) is 0.444. The van der Waals surface area contributed by atoms with Gasteiger partial charge in [0.15, 0.2) is 5.56 Å². The third kappa shape index (κ3) is 1.29. The first-order valence-corrected chi connectivity index (χ1v) is 4.38. The Morgan fingerprint density at radius 1 is 1.40 bits per heavy atom. The van der Waals surface area contributed by atoms with E-state index in [0.717, 1.165) is 0 Å². The van der Waals surface area contributed by atoms with E-state index in [-0.39, 0.29) is 11.6 Å². The van der Waals surface area contributed by atoms with E-state index in [1.54, 1.807) is 13.8 Å². The molecule has 80 valence electrons. The molecule has 0 aromatic carbocycles. The van der Waals surface area contributed by atoms with E-state index in [4.69, 9.17) is 9.47 Å². The number of nitrogens with zero attached hydrogens (tertiary/aromatic N) is 1. The number of hydrogen-bond donors (Lipinski definition) is 1. The molecule has 1 aromatic heterocycles. The Bertz CT molecular complexity index is 489. The Kier molecular flexibility index (Phi) is 1.82. The van der Waals surface area contributed by atoms with Crippen LogP contribution < -0.4 is 10.3 Å². The van der Waals surface area contributed by atoms with Crippen molar-refractivity contribution in [3.63, 3.8) is 0 Å². The topological polar surface area (TPSA) is 81.3 Å². The molecule has 0 saturated heterocycles. The number of hydrogen-bond acceptors (Lipinski definition) is 5. The number of aromatic amines is 1. The summed E-state index contributed by atoms with van der Waals surface area (Å²) >= 11 is 0. The highest BCUT2D eigenvalue weighted by atomic mass is 16.6. The number of fused-ring (bicyclic) bond motifs is 1. The molecule has 0 fully saturated rings. The summed E-state index contributed by atoms with van der Waals surface area (Å²) < 4.78 is 9.84. The van der Waals surface area contributed by atoms with E-state index in [1.807, 2.05) is 0 Å². The average molecular weight is 210 g/mol. The van der Waals surface area contributed by atoms with Crippen LogP contribution in [0.2, 0.25) is 0 Å². The molecule has 1 aliphatic heterocycles. The molecule has 6 heteroatoms. The number of ether oxygens (including phenoxy) is 2. The van der Waals surface area contributed by atoms with Crippen LogP contribution in [0.25, 0.3) is 0 Å². The Balaban J connectivity index is 2.75. The summed E-state index contributed by atoms with van der Waals surface area (Å²) in [5.41, 5.74) is -1.14. The van der Waals surface area contributed by atoms with E-state index in [1.165, 1.54) is 7.11 Å². The number of carbonyl (C=O) groups is 1. The molecule has 0 aliphatic carbocycles. The summed E-state index contributed by atoms with van der Waals surface area (Å²) in [4.78, 5) is 29.2. The molecule has 0 spiro atoms. The van der Waals surface area contributed by atoms with Crippen molar-refractivity contribution in [2.24, 2.45) is 0 Å². The number of cyclic esters (lactones) is 1. The number of aromatic nitrogens is 2. The summed E-state index contributed by atoms with van der Waals surface area (Å²) in [5, 5.41) is 0. The maximum Gasteiger partial charge on any atom is 0.346 e. The quantitative estimate of drug-likeness (QED) is 0.669. The summed E-state index contributed by atoms with van der Waals surface area (Å²) in [6, 6.07) is 0.0742. The van der Waals surface area contributed by atoms with Crippen molar-refractivity contribution < 1.29 is 14.3 Å². The standard InChI is InChI=1S/C9H10N2O4/c1-9(2)5-4(7(13)15-9)6(12)11-8(10-5)14-3/h1-3H3,(H,10,11,12). The zero-order valence-corrected chi connectivity index (χ0v) is 8.58. The van der Waals surface area contributed by atoms with Gasteiger partial charge < -0.3 is 9.47 Å². The predicted octanol–water partition coefficient (Wildman–Crippen LogP) is 0.184. The van der Waals surface area contributed by atoms with Crippen molar-refractivity contribution in [1.82, 2.24) is 9.97 Å². The van der Waals surface area contributed by atoms with Gasteiger partial charge in [-0.2, -0.15) is 4.98 Å². The van der Waals surface area contributed by atoms with Gasteiger partial charge in [0.25, 0.3) is 11.6 Å². The minimum absolute atomic E-state index is 0.0409. The minimum Gasteiger partial charge on any atom is -0.468 e. The van der Waals surface area contributed by atoms with Crippen LogP contribution in [0.5, 0.6) is 6.01 Å². The van der Waals surface area contributed by atoms with Gasteiger partial charge in [-0.15, -0.1) is 0 Å². The molecule has 1 aromatic rings. The summed E-state index contributed by atoms with van der Waals surface area (Å²) in [7, 11) is 1.38. The molecule has 6 nitrogen and oxygen atoms in total. The summed E-state index contributed by atoms with van der Waals surface area (Å²) in [5.74, 6) is -0.647. The Morgan fingerprint density at radius 3 is 2.67 bits per heavy atom. The third-order valence-corrected chi connectivity index (χ3v) is 2.21. The zero-order chi connectivity index (χ0) is 11.2. The van der Waals surface area contributed by atoms with E-state index >= 15 is 0 Å². The SMILES string of the molecule is COc1nc2c(c(=O)[nH]1)C(=O)OC2(C)C. The highest BCUT2D eigenvalue weighted by Gasteiger charge is 2.42. The molecule has 0 bridgehead atoms. The molecule has 0 saturated carbocycles. The second-order valence-corrected chi connectivity index (χ2v) is 3.70. The Morgan fingerprint density at radius 2 is 2.07 bits per heavy atom. The molecule has 1 N–H and O–H groups in total. The third-order valence-electron chi connectivity index (χ3n) is 2.21. The van der Waals surface area contributed by atoms with E-state index in [0.29, 0.717) is 5.69 Å². The van der Waals surface area contributed by atoms with Gasteiger partial charge in [-0.1, -0.05) is 0 Å². The molecule has 0 unspecified atom stereocenters. The summed E-state index contributed by atoms with van der Waals surface area (Å²) in [6.07, 6.45) is 0. The number of nitrogens with one attached hydrogen (secondary N) is 1. The highest BCUT2D eigenvalue weighted by molar-refractivity contribution is 5.93. The predicted molar refractivity (Wildman–Crippen MR) is 49.9 cm³/mol. The van der Waals surface area contributed by atoms with E-state index in [2.05, 4.69) is 9.97 Å². The fourth-order valence-corrected chi connectivity index (χ4v) is 1.51. The molecule has 2 rings (SSSR count). The van der Waals surface area contributed by atoms with Gasteiger partial charge in [0.2, 0.25) is 0 Å². The van der Waals surface area contributed by atoms with Crippen molar-refractivity contribution in [3.05, 3.63) is 21.6 Å². The van der Waals surface area contributed by atoms with Crippen LogP contribution in [0, 0.1) is 0 Å². The second-order valence-electron chi connectivity index (χ2n) is 3.70. The van der Waals surface area contributed by atoms with Gasteiger partial charge in [0.05, 0.1) is 7.11 Å². The van der Waals surface area contributed by atoms with Gasteiger partial charge in [-0.05, 0) is 13.8 Å². The fourth-order valence-electron chi connectivity index (χ4n) is 1.51. The molecule has 2 heterocycles. The molecule has 15 heavy (non-hydrogen) atoms. The average Bonchev–Trinajstić information content (AvgIpc) is 2.37. The Labute approximate surface area is 85.2 Å². The zero-order valence-electron chi connectivity index (χ0n) is 8.58. The van der Waals surface area contributed by atoms with Crippen LogP contribution in [0.4, 0.5) is 0 Å². The lowest BCUT2D eigenvalue weighted by atomic mass is 10.0. The second kappa shape index (κ2) is 2.82. The highest BCUT2D eigenvalue weighted by Crippen LogP contribution is 2.32. The molecule has 0 radical (unpaired) electrons. The number of carbonyl (C=O) groups excluding carboxylic acids is 1. The first-order valence-electron chi connectivity index (χ1n) is 4.38. The monoisotopic (exact) mass is 210 g/mol. The van der Waals surface area contributed by atoms with Crippen LogP contribution in [0.3, 0.4) is 0 Å². The maximum atomic E-state index is 11.5. The number of rotatable bonds is 1. The van der Waals surface area contributed by atoms with Crippen molar-refractivity contribution in [2.45, 2.75) is 19.4 Å². The van der Waals surface area contributed by atoms with Gasteiger partial charge in [-0.3, -0.25) is 9.78 Å². The van der Waals surface area contributed by atoms with Gasteiger partial charge in [0.1, 0.15) is 11.3 Å².